The van der Waals surface area contributed by atoms with Gasteiger partial charge in [-0.05, 0) is 28.9 Å². The quantitative estimate of drug-likeness (QED) is 0.922. The van der Waals surface area contributed by atoms with Crippen molar-refractivity contribution in [3.63, 3.8) is 0 Å². The smallest absolute Gasteiger partial charge is 0.267 e. The fourth-order valence-electron chi connectivity index (χ4n) is 1.00. The third-order valence-electron chi connectivity index (χ3n) is 1.63. The average Bonchev–Trinajstić information content (AvgIpc) is 2.75. The number of carbonyl (C=O) groups excluding carboxylic acids is 1. The van der Waals surface area contributed by atoms with Crippen LogP contribution in [-0.4, -0.2) is 10.9 Å². The molecule has 2 rings (SSSR count). The van der Waals surface area contributed by atoms with Crippen LogP contribution in [0.1, 0.15) is 14.5 Å². The first kappa shape index (κ1) is 10.8. The van der Waals surface area contributed by atoms with E-state index in [1.165, 1.54) is 22.7 Å². The third kappa shape index (κ3) is 2.64. The summed E-state index contributed by atoms with van der Waals surface area (Å²) in [7, 11) is 0. The Bertz CT molecular complexity index is 492. The van der Waals surface area contributed by atoms with E-state index in [1.807, 2.05) is 12.3 Å². The molecule has 0 aromatic carbocycles. The monoisotopic (exact) mass is 302 g/mol. The predicted molar refractivity (Wildman–Crippen MR) is 66.8 cm³/mol. The molecule has 2 aromatic heterocycles. The Hall–Kier alpha value is -0.720. The first-order chi connectivity index (χ1) is 7.15. The summed E-state index contributed by atoms with van der Waals surface area (Å²) in [5, 5.41) is 5.27. The Labute approximate surface area is 103 Å². The van der Waals surface area contributed by atoms with Crippen LogP contribution in [-0.2, 0) is 0 Å². The Balaban J connectivity index is 2.10. The minimum absolute atomic E-state index is 0.111. The topological polar surface area (TPSA) is 42.0 Å². The second-order valence-corrected chi connectivity index (χ2v) is 5.92. The van der Waals surface area contributed by atoms with E-state index in [2.05, 4.69) is 26.2 Å². The Morgan fingerprint density at radius 2 is 2.40 bits per heavy atom. The maximum atomic E-state index is 11.7. The van der Waals surface area contributed by atoms with Gasteiger partial charge >= 0.3 is 0 Å². The summed E-state index contributed by atoms with van der Waals surface area (Å²) >= 11 is 6.18. The summed E-state index contributed by atoms with van der Waals surface area (Å²) in [6.07, 6.45) is 1.74. The van der Waals surface area contributed by atoms with Crippen molar-refractivity contribution in [2.45, 2.75) is 6.92 Å². The number of thiazole rings is 1. The van der Waals surface area contributed by atoms with Crippen molar-refractivity contribution in [1.82, 2.24) is 4.98 Å². The van der Waals surface area contributed by atoms with Gasteiger partial charge in [0, 0.05) is 20.9 Å². The molecule has 0 unspecified atom stereocenters. The number of anilines is 1. The van der Waals surface area contributed by atoms with Gasteiger partial charge in [0.25, 0.3) is 5.91 Å². The van der Waals surface area contributed by atoms with E-state index >= 15 is 0 Å². The van der Waals surface area contributed by atoms with Crippen LogP contribution in [0.25, 0.3) is 0 Å². The van der Waals surface area contributed by atoms with Crippen LogP contribution in [0.4, 0.5) is 5.13 Å². The molecular weight excluding hydrogens is 296 g/mol. The first-order valence-electron chi connectivity index (χ1n) is 4.13. The minimum atomic E-state index is -0.111. The van der Waals surface area contributed by atoms with E-state index in [0.29, 0.717) is 10.0 Å². The van der Waals surface area contributed by atoms with Crippen molar-refractivity contribution >= 4 is 49.6 Å². The normalized spacial score (nSPS) is 10.3. The van der Waals surface area contributed by atoms with Gasteiger partial charge in [-0.15, -0.1) is 22.7 Å². The lowest BCUT2D eigenvalue weighted by Gasteiger charge is -1.96. The lowest BCUT2D eigenvalue weighted by molar-refractivity contribution is 0.103. The lowest BCUT2D eigenvalue weighted by Crippen LogP contribution is -2.09. The minimum Gasteiger partial charge on any atom is -0.297 e. The average molecular weight is 303 g/mol. The van der Waals surface area contributed by atoms with Gasteiger partial charge in [-0.25, -0.2) is 4.98 Å². The molecule has 6 heteroatoms. The molecule has 2 aromatic rings. The summed E-state index contributed by atoms with van der Waals surface area (Å²) in [4.78, 5) is 17.5. The molecule has 3 nitrogen and oxygen atoms in total. The molecule has 1 N–H and O–H groups in total. The highest BCUT2D eigenvalue weighted by molar-refractivity contribution is 9.10. The molecule has 15 heavy (non-hydrogen) atoms. The number of aryl methyl sites for hydroxylation is 1. The zero-order valence-electron chi connectivity index (χ0n) is 7.78. The number of halogens is 1. The summed E-state index contributed by atoms with van der Waals surface area (Å²) in [5.74, 6) is -0.111. The van der Waals surface area contributed by atoms with Gasteiger partial charge in [-0.3, -0.25) is 10.1 Å². The molecule has 0 fully saturated rings. The molecule has 0 aliphatic heterocycles. The van der Waals surface area contributed by atoms with Crippen molar-refractivity contribution in [1.29, 1.82) is 0 Å². The van der Waals surface area contributed by atoms with Crippen LogP contribution in [0.2, 0.25) is 0 Å². The van der Waals surface area contributed by atoms with Gasteiger partial charge in [0.1, 0.15) is 0 Å². The zero-order valence-corrected chi connectivity index (χ0v) is 11.0. The number of aromatic nitrogens is 1. The molecule has 0 saturated heterocycles. The van der Waals surface area contributed by atoms with Crippen LogP contribution in [0.5, 0.6) is 0 Å². The van der Waals surface area contributed by atoms with Gasteiger partial charge in [-0.2, -0.15) is 0 Å². The molecule has 0 aliphatic rings. The number of carbonyl (C=O) groups is 1. The third-order valence-corrected chi connectivity index (χ3v) is 4.15. The first-order valence-corrected chi connectivity index (χ1v) is 6.62. The van der Waals surface area contributed by atoms with Crippen LogP contribution >= 0.6 is 38.6 Å². The van der Waals surface area contributed by atoms with E-state index in [4.69, 9.17) is 0 Å². The molecule has 78 valence electrons. The molecule has 0 atom stereocenters. The number of hydrogen-bond acceptors (Lipinski definition) is 4. The summed E-state index contributed by atoms with van der Waals surface area (Å²) in [5.41, 5.74) is 0. The Morgan fingerprint density at radius 3 is 2.93 bits per heavy atom. The standard InChI is InChI=1S/C9H7BrN2OS2/c1-5-3-11-9(15-5)12-8(13)7-2-6(10)4-14-7/h2-4H,1H3,(H,11,12,13). The van der Waals surface area contributed by atoms with Crippen LogP contribution in [0, 0.1) is 6.92 Å². The molecule has 0 aliphatic carbocycles. The van der Waals surface area contributed by atoms with Crippen molar-refractivity contribution in [3.8, 4) is 0 Å². The fourth-order valence-corrected chi connectivity index (χ4v) is 2.98. The van der Waals surface area contributed by atoms with Crippen LogP contribution in [0.3, 0.4) is 0 Å². The number of nitrogens with zero attached hydrogens (tertiary/aromatic N) is 1. The molecule has 0 bridgehead atoms. The van der Waals surface area contributed by atoms with Crippen LogP contribution < -0.4 is 5.32 Å². The number of nitrogens with one attached hydrogen (secondary N) is 1. The molecular formula is C9H7BrN2OS2. The van der Waals surface area contributed by atoms with E-state index < -0.39 is 0 Å². The fraction of sp³-hybridized carbons (Fsp3) is 0.111. The number of hydrogen-bond donors (Lipinski definition) is 1. The van der Waals surface area contributed by atoms with Gasteiger partial charge in [0.15, 0.2) is 5.13 Å². The maximum Gasteiger partial charge on any atom is 0.267 e. The van der Waals surface area contributed by atoms with Gasteiger partial charge in [-0.1, -0.05) is 0 Å². The SMILES string of the molecule is Cc1cnc(NC(=O)c2cc(Br)cs2)s1. The highest BCUT2D eigenvalue weighted by Gasteiger charge is 2.10. The molecule has 0 spiro atoms. The summed E-state index contributed by atoms with van der Waals surface area (Å²) in [6.45, 7) is 1.95. The molecule has 0 radical (unpaired) electrons. The van der Waals surface area contributed by atoms with E-state index in [0.717, 1.165) is 9.35 Å². The van der Waals surface area contributed by atoms with E-state index in [9.17, 15) is 4.79 Å². The molecule has 2 heterocycles. The molecule has 0 saturated carbocycles. The maximum absolute atomic E-state index is 11.7. The number of amides is 1. The summed E-state index contributed by atoms with van der Waals surface area (Å²) in [6, 6.07) is 1.79. The van der Waals surface area contributed by atoms with E-state index in [1.54, 1.807) is 12.3 Å². The second-order valence-electron chi connectivity index (χ2n) is 2.86. The highest BCUT2D eigenvalue weighted by atomic mass is 79.9. The number of thiophene rings is 1. The summed E-state index contributed by atoms with van der Waals surface area (Å²) < 4.78 is 0.924. The predicted octanol–water partition coefficient (Wildman–Crippen LogP) is 3.53. The largest absolute Gasteiger partial charge is 0.297 e. The van der Waals surface area contributed by atoms with E-state index in [-0.39, 0.29) is 5.91 Å². The Kier molecular flexibility index (Phi) is 3.18. The molecule has 1 amide bonds. The van der Waals surface area contributed by atoms with Gasteiger partial charge < -0.3 is 0 Å². The van der Waals surface area contributed by atoms with Crippen molar-refractivity contribution in [2.24, 2.45) is 0 Å². The number of rotatable bonds is 2. The zero-order chi connectivity index (χ0) is 10.8. The van der Waals surface area contributed by atoms with Crippen LogP contribution in [0.15, 0.2) is 22.1 Å². The van der Waals surface area contributed by atoms with Crippen molar-refractivity contribution in [3.05, 3.63) is 31.9 Å². The van der Waals surface area contributed by atoms with Crippen molar-refractivity contribution in [2.75, 3.05) is 5.32 Å². The van der Waals surface area contributed by atoms with Gasteiger partial charge in [0.2, 0.25) is 0 Å². The second kappa shape index (κ2) is 4.42. The Morgan fingerprint density at radius 1 is 1.60 bits per heavy atom. The van der Waals surface area contributed by atoms with Crippen molar-refractivity contribution < 1.29 is 4.79 Å². The highest BCUT2D eigenvalue weighted by Crippen LogP contribution is 2.22. The van der Waals surface area contributed by atoms with Gasteiger partial charge in [0.05, 0.1) is 4.88 Å². The lowest BCUT2D eigenvalue weighted by atomic mass is 10.4.